The lowest BCUT2D eigenvalue weighted by Crippen LogP contribution is -2.32. The Morgan fingerprint density at radius 3 is 2.76 bits per heavy atom. The summed E-state index contributed by atoms with van der Waals surface area (Å²) in [7, 11) is 1.40. The van der Waals surface area contributed by atoms with E-state index in [1.165, 1.54) is 7.11 Å². The number of rotatable bonds is 4. The van der Waals surface area contributed by atoms with Crippen molar-refractivity contribution < 1.29 is 14.3 Å². The van der Waals surface area contributed by atoms with Gasteiger partial charge >= 0.3 is 5.97 Å². The Kier molecular flexibility index (Phi) is 5.36. The second kappa shape index (κ2) is 7.04. The molecule has 0 bridgehead atoms. The van der Waals surface area contributed by atoms with Crippen LogP contribution in [0.25, 0.3) is 0 Å². The lowest BCUT2D eigenvalue weighted by molar-refractivity contribution is -0.146. The quantitative estimate of drug-likeness (QED) is 0.841. The van der Waals surface area contributed by atoms with Gasteiger partial charge in [0.25, 0.3) is 0 Å². The Morgan fingerprint density at radius 2 is 2.10 bits per heavy atom. The first kappa shape index (κ1) is 16.0. The number of likely N-dealkylation sites (tertiary alicyclic amines) is 1. The van der Waals surface area contributed by atoms with Crippen LogP contribution in [0.3, 0.4) is 0 Å². The number of esters is 1. The monoisotopic (exact) mass is 354 g/mol. The van der Waals surface area contributed by atoms with Crippen LogP contribution in [0.2, 0.25) is 0 Å². The maximum absolute atomic E-state index is 12.1. The van der Waals surface area contributed by atoms with Gasteiger partial charge in [-0.1, -0.05) is 19.1 Å². The van der Waals surface area contributed by atoms with Gasteiger partial charge in [-0.25, -0.2) is 0 Å². The Balaban J connectivity index is 1.90. The molecule has 0 saturated carbocycles. The van der Waals surface area contributed by atoms with Crippen LogP contribution < -0.4 is 5.32 Å². The lowest BCUT2D eigenvalue weighted by atomic mass is 9.99. The van der Waals surface area contributed by atoms with Gasteiger partial charge in [0.2, 0.25) is 5.91 Å². The normalized spacial score (nSPS) is 22.0. The molecule has 1 aliphatic rings. The number of hydrogen-bond acceptors (Lipinski definition) is 4. The van der Waals surface area contributed by atoms with E-state index in [0.29, 0.717) is 6.54 Å². The zero-order valence-corrected chi connectivity index (χ0v) is 13.7. The molecule has 114 valence electrons. The average molecular weight is 355 g/mol. The molecule has 21 heavy (non-hydrogen) atoms. The molecule has 6 heteroatoms. The Hall–Kier alpha value is -1.40. The predicted octanol–water partition coefficient (Wildman–Crippen LogP) is 2.13. The first-order chi connectivity index (χ1) is 10.0. The molecule has 2 atom stereocenters. The fourth-order valence-electron chi connectivity index (χ4n) is 2.61. The molecule has 1 aliphatic heterocycles. The Morgan fingerprint density at radius 1 is 1.38 bits per heavy atom. The number of carbonyl (C=O) groups is 2. The second-order valence-electron chi connectivity index (χ2n) is 5.33. The highest BCUT2D eigenvalue weighted by molar-refractivity contribution is 9.10. The summed E-state index contributed by atoms with van der Waals surface area (Å²) >= 11 is 3.40. The van der Waals surface area contributed by atoms with Gasteiger partial charge in [0, 0.05) is 17.6 Å². The summed E-state index contributed by atoms with van der Waals surface area (Å²) in [4.78, 5) is 25.7. The van der Waals surface area contributed by atoms with Gasteiger partial charge in [0.1, 0.15) is 0 Å². The third-order valence-corrected chi connectivity index (χ3v) is 4.40. The number of nitrogens with zero attached hydrogens (tertiary/aromatic N) is 1. The fourth-order valence-corrected chi connectivity index (χ4v) is 2.99. The van der Waals surface area contributed by atoms with Crippen molar-refractivity contribution in [3.8, 4) is 0 Å². The molecule has 1 aromatic rings. The highest BCUT2D eigenvalue weighted by atomic mass is 79.9. The van der Waals surface area contributed by atoms with Crippen LogP contribution in [0.5, 0.6) is 0 Å². The molecule has 1 aromatic carbocycles. The third-order valence-electron chi connectivity index (χ3n) is 3.71. The van der Waals surface area contributed by atoms with E-state index in [-0.39, 0.29) is 30.3 Å². The van der Waals surface area contributed by atoms with E-state index >= 15 is 0 Å². The maximum atomic E-state index is 12.1. The van der Waals surface area contributed by atoms with Gasteiger partial charge in [-0.3, -0.25) is 14.5 Å². The van der Waals surface area contributed by atoms with E-state index in [4.69, 9.17) is 4.74 Å². The maximum Gasteiger partial charge on any atom is 0.310 e. The summed E-state index contributed by atoms with van der Waals surface area (Å²) in [6.45, 7) is 3.58. The number of para-hydroxylation sites is 1. The average Bonchev–Trinajstić information content (AvgIpc) is 2.81. The SMILES string of the molecule is COC(=O)C1CN(CC(=O)Nc2ccccc2Br)CC1C. The molecule has 1 amide bonds. The summed E-state index contributed by atoms with van der Waals surface area (Å²) in [5.74, 6) is -0.226. The first-order valence-corrected chi connectivity index (χ1v) is 7.65. The predicted molar refractivity (Wildman–Crippen MR) is 83.9 cm³/mol. The summed E-state index contributed by atoms with van der Waals surface area (Å²) in [5.41, 5.74) is 0.749. The second-order valence-corrected chi connectivity index (χ2v) is 6.18. The molecule has 0 radical (unpaired) electrons. The van der Waals surface area contributed by atoms with Crippen LogP contribution in [0, 0.1) is 11.8 Å². The van der Waals surface area contributed by atoms with Gasteiger partial charge < -0.3 is 10.1 Å². The zero-order chi connectivity index (χ0) is 15.4. The van der Waals surface area contributed by atoms with Crippen molar-refractivity contribution in [2.75, 3.05) is 32.1 Å². The van der Waals surface area contributed by atoms with Crippen molar-refractivity contribution in [3.05, 3.63) is 28.7 Å². The molecule has 5 nitrogen and oxygen atoms in total. The van der Waals surface area contributed by atoms with Gasteiger partial charge in [-0.15, -0.1) is 0 Å². The molecule has 1 saturated heterocycles. The third kappa shape index (κ3) is 4.04. The van der Waals surface area contributed by atoms with Gasteiger partial charge in [0.15, 0.2) is 0 Å². The number of benzene rings is 1. The van der Waals surface area contributed by atoms with Crippen molar-refractivity contribution in [1.82, 2.24) is 4.90 Å². The fraction of sp³-hybridized carbons (Fsp3) is 0.467. The molecule has 0 spiro atoms. The highest BCUT2D eigenvalue weighted by Crippen LogP contribution is 2.24. The van der Waals surface area contributed by atoms with Crippen molar-refractivity contribution >= 4 is 33.5 Å². The van der Waals surface area contributed by atoms with Crippen molar-refractivity contribution in [2.24, 2.45) is 11.8 Å². The molecule has 0 aliphatic carbocycles. The molecular weight excluding hydrogens is 336 g/mol. The Bertz CT molecular complexity index is 535. The number of ether oxygens (including phenoxy) is 1. The first-order valence-electron chi connectivity index (χ1n) is 6.86. The molecule has 0 aromatic heterocycles. The summed E-state index contributed by atoms with van der Waals surface area (Å²) in [5, 5.41) is 2.87. The van der Waals surface area contributed by atoms with E-state index in [9.17, 15) is 9.59 Å². The Labute approximate surface area is 132 Å². The summed E-state index contributed by atoms with van der Waals surface area (Å²) in [6, 6.07) is 7.47. The van der Waals surface area contributed by atoms with Crippen LogP contribution in [0.1, 0.15) is 6.92 Å². The van der Waals surface area contributed by atoms with Crippen LogP contribution in [-0.4, -0.2) is 43.5 Å². The zero-order valence-electron chi connectivity index (χ0n) is 12.1. The summed E-state index contributed by atoms with van der Waals surface area (Å²) < 4.78 is 5.64. The van der Waals surface area contributed by atoms with Crippen LogP contribution in [0.15, 0.2) is 28.7 Å². The number of amides is 1. The number of carbonyl (C=O) groups excluding carboxylic acids is 2. The number of halogens is 1. The lowest BCUT2D eigenvalue weighted by Gasteiger charge is -2.15. The smallest absolute Gasteiger partial charge is 0.310 e. The van der Waals surface area contributed by atoms with Gasteiger partial charge in [-0.2, -0.15) is 0 Å². The van der Waals surface area contributed by atoms with Crippen LogP contribution in [0.4, 0.5) is 5.69 Å². The molecule has 1 heterocycles. The minimum absolute atomic E-state index is 0.0837. The molecule has 2 unspecified atom stereocenters. The molecule has 1 N–H and O–H groups in total. The topological polar surface area (TPSA) is 58.6 Å². The van der Waals surface area contributed by atoms with E-state index in [0.717, 1.165) is 16.7 Å². The van der Waals surface area contributed by atoms with Crippen LogP contribution >= 0.6 is 15.9 Å². The van der Waals surface area contributed by atoms with E-state index in [1.807, 2.05) is 36.1 Å². The number of methoxy groups -OCH3 is 1. The molecular formula is C15H19BrN2O3. The van der Waals surface area contributed by atoms with Gasteiger partial charge in [0.05, 0.1) is 25.3 Å². The number of nitrogens with one attached hydrogen (secondary N) is 1. The molecule has 1 fully saturated rings. The van der Waals surface area contributed by atoms with E-state index in [1.54, 1.807) is 0 Å². The van der Waals surface area contributed by atoms with Crippen molar-refractivity contribution in [2.45, 2.75) is 6.92 Å². The molecule has 2 rings (SSSR count). The number of hydrogen-bond donors (Lipinski definition) is 1. The van der Waals surface area contributed by atoms with Crippen LogP contribution in [-0.2, 0) is 14.3 Å². The number of anilines is 1. The summed E-state index contributed by atoms with van der Waals surface area (Å²) in [6.07, 6.45) is 0. The standard InChI is InChI=1S/C15H19BrN2O3/c1-10-7-18(8-11(10)15(20)21-2)9-14(19)17-13-6-4-3-5-12(13)16/h3-6,10-11H,7-9H2,1-2H3,(H,17,19). The van der Waals surface area contributed by atoms with Crippen molar-refractivity contribution in [3.63, 3.8) is 0 Å². The minimum atomic E-state index is -0.198. The van der Waals surface area contributed by atoms with Crippen molar-refractivity contribution in [1.29, 1.82) is 0 Å². The van der Waals surface area contributed by atoms with E-state index < -0.39 is 0 Å². The minimum Gasteiger partial charge on any atom is -0.469 e. The largest absolute Gasteiger partial charge is 0.469 e. The highest BCUT2D eigenvalue weighted by Gasteiger charge is 2.36. The van der Waals surface area contributed by atoms with Gasteiger partial charge in [-0.05, 0) is 34.0 Å². The van der Waals surface area contributed by atoms with E-state index in [2.05, 4.69) is 21.2 Å².